The molecule has 0 radical (unpaired) electrons. The minimum Gasteiger partial charge on any atom is -0.466 e. The summed E-state index contributed by atoms with van der Waals surface area (Å²) in [4.78, 5) is 11.6. The van der Waals surface area contributed by atoms with Gasteiger partial charge in [0, 0.05) is 4.47 Å². The van der Waals surface area contributed by atoms with Gasteiger partial charge in [-0.3, -0.25) is 4.79 Å². The molecule has 0 heterocycles. The van der Waals surface area contributed by atoms with Gasteiger partial charge in [0.25, 0.3) is 0 Å². The molecule has 0 N–H and O–H groups in total. The normalized spacial score (nSPS) is 12.2. The number of rotatable bonds is 4. The Kier molecular flexibility index (Phi) is 5.00. The van der Waals surface area contributed by atoms with Gasteiger partial charge in [0.2, 0.25) is 0 Å². The van der Waals surface area contributed by atoms with Crippen molar-refractivity contribution in [2.24, 2.45) is 0 Å². The smallest absolute Gasteiger partial charge is 0.313 e. The van der Waals surface area contributed by atoms with Crippen LogP contribution in [0.5, 0.6) is 0 Å². The van der Waals surface area contributed by atoms with Crippen molar-refractivity contribution in [3.63, 3.8) is 0 Å². The number of ether oxygens (including phenoxy) is 1. The van der Waals surface area contributed by atoms with E-state index in [1.54, 1.807) is 0 Å². The Morgan fingerprint density at radius 3 is 2.62 bits per heavy atom. The predicted octanol–water partition coefficient (Wildman–Crippen LogP) is 3.68. The predicted molar refractivity (Wildman–Crippen MR) is 68.6 cm³/mol. The number of benzene rings is 1. The van der Waals surface area contributed by atoms with Crippen LogP contribution in [0, 0.1) is 0 Å². The van der Waals surface area contributed by atoms with Gasteiger partial charge in [0.05, 0.1) is 12.5 Å². The molecule has 1 aromatic carbocycles. The summed E-state index contributed by atoms with van der Waals surface area (Å²) in [6, 6.07) is 6.04. The monoisotopic (exact) mass is 284 g/mol. The van der Waals surface area contributed by atoms with E-state index in [0.717, 1.165) is 16.5 Å². The molecule has 0 amide bonds. The molecule has 1 aromatic rings. The second-order valence-electron chi connectivity index (χ2n) is 3.68. The molecule has 0 saturated carbocycles. The highest BCUT2D eigenvalue weighted by molar-refractivity contribution is 9.10. The molecule has 1 unspecified atom stereocenters. The van der Waals surface area contributed by atoms with Gasteiger partial charge in [-0.25, -0.2) is 0 Å². The molecular formula is C13H17BrO2. The zero-order chi connectivity index (χ0) is 12.1. The number of carbonyl (C=O) groups is 1. The summed E-state index contributed by atoms with van der Waals surface area (Å²) in [6.45, 7) is 6.22. The summed E-state index contributed by atoms with van der Waals surface area (Å²) < 4.78 is 6.06. The maximum Gasteiger partial charge on any atom is 0.313 e. The quantitative estimate of drug-likeness (QED) is 0.789. The second-order valence-corrected chi connectivity index (χ2v) is 4.53. The number of halogens is 1. The highest BCUT2D eigenvalue weighted by Crippen LogP contribution is 2.24. The molecule has 0 saturated heterocycles. The molecule has 0 aromatic heterocycles. The van der Waals surface area contributed by atoms with Crippen molar-refractivity contribution in [2.45, 2.75) is 33.1 Å². The molecular weight excluding hydrogens is 268 g/mol. The largest absolute Gasteiger partial charge is 0.466 e. The van der Waals surface area contributed by atoms with Crippen LogP contribution in [0.4, 0.5) is 0 Å². The SMILES string of the molecule is CCOC(=O)C(C)c1ccc(CC)c(Br)c1. The maximum absolute atomic E-state index is 11.6. The zero-order valence-corrected chi connectivity index (χ0v) is 11.5. The molecule has 0 bridgehead atoms. The molecule has 1 rings (SSSR count). The molecule has 0 aliphatic rings. The summed E-state index contributed by atoms with van der Waals surface area (Å²) in [7, 11) is 0. The van der Waals surface area contributed by atoms with Crippen molar-refractivity contribution >= 4 is 21.9 Å². The van der Waals surface area contributed by atoms with Crippen LogP contribution in [-0.2, 0) is 16.0 Å². The van der Waals surface area contributed by atoms with Gasteiger partial charge in [0.15, 0.2) is 0 Å². The Bertz CT molecular complexity index is 374. The Labute approximate surface area is 105 Å². The first-order valence-electron chi connectivity index (χ1n) is 5.55. The molecule has 2 nitrogen and oxygen atoms in total. The third-order valence-corrected chi connectivity index (χ3v) is 3.34. The molecule has 0 aliphatic carbocycles. The number of aryl methyl sites for hydroxylation is 1. The lowest BCUT2D eigenvalue weighted by molar-refractivity contribution is -0.144. The van der Waals surface area contributed by atoms with Gasteiger partial charge in [-0.05, 0) is 37.5 Å². The second kappa shape index (κ2) is 6.04. The van der Waals surface area contributed by atoms with Crippen LogP contribution in [-0.4, -0.2) is 12.6 Å². The third-order valence-electron chi connectivity index (χ3n) is 2.60. The average Bonchev–Trinajstić information content (AvgIpc) is 2.28. The first-order chi connectivity index (χ1) is 7.60. The summed E-state index contributed by atoms with van der Waals surface area (Å²) in [6.07, 6.45) is 0.981. The summed E-state index contributed by atoms with van der Waals surface area (Å²) >= 11 is 3.51. The lowest BCUT2D eigenvalue weighted by atomic mass is 9.99. The van der Waals surface area contributed by atoms with Crippen molar-refractivity contribution < 1.29 is 9.53 Å². The van der Waals surface area contributed by atoms with E-state index >= 15 is 0 Å². The molecule has 16 heavy (non-hydrogen) atoms. The number of hydrogen-bond donors (Lipinski definition) is 0. The standard InChI is InChI=1S/C13H17BrO2/c1-4-10-6-7-11(8-12(10)14)9(3)13(15)16-5-2/h6-9H,4-5H2,1-3H3. The van der Waals surface area contributed by atoms with Crippen LogP contribution in [0.3, 0.4) is 0 Å². The first-order valence-corrected chi connectivity index (χ1v) is 6.34. The summed E-state index contributed by atoms with van der Waals surface area (Å²) in [5.74, 6) is -0.374. The Balaban J connectivity index is 2.88. The van der Waals surface area contributed by atoms with Crippen LogP contribution in [0.25, 0.3) is 0 Å². The van der Waals surface area contributed by atoms with Crippen LogP contribution in [0.2, 0.25) is 0 Å². The number of carbonyl (C=O) groups excluding carboxylic acids is 1. The fourth-order valence-corrected chi connectivity index (χ4v) is 2.20. The maximum atomic E-state index is 11.6. The topological polar surface area (TPSA) is 26.3 Å². The van der Waals surface area contributed by atoms with Crippen molar-refractivity contribution in [3.8, 4) is 0 Å². The fourth-order valence-electron chi connectivity index (χ4n) is 1.52. The van der Waals surface area contributed by atoms with Crippen molar-refractivity contribution in [1.82, 2.24) is 0 Å². The van der Waals surface area contributed by atoms with E-state index in [1.807, 2.05) is 26.0 Å². The van der Waals surface area contributed by atoms with Crippen LogP contribution in [0.1, 0.15) is 37.8 Å². The molecule has 0 fully saturated rings. The van der Waals surface area contributed by atoms with Gasteiger partial charge in [-0.2, -0.15) is 0 Å². The van der Waals surface area contributed by atoms with Crippen molar-refractivity contribution in [3.05, 3.63) is 33.8 Å². The Morgan fingerprint density at radius 1 is 1.44 bits per heavy atom. The van der Waals surface area contributed by atoms with Crippen molar-refractivity contribution in [2.75, 3.05) is 6.61 Å². The van der Waals surface area contributed by atoms with E-state index in [0.29, 0.717) is 6.61 Å². The average molecular weight is 285 g/mol. The third kappa shape index (κ3) is 3.08. The van der Waals surface area contributed by atoms with E-state index in [4.69, 9.17) is 4.74 Å². The van der Waals surface area contributed by atoms with Gasteiger partial charge in [0.1, 0.15) is 0 Å². The van der Waals surface area contributed by atoms with Gasteiger partial charge >= 0.3 is 5.97 Å². The first kappa shape index (κ1) is 13.2. The molecule has 88 valence electrons. The zero-order valence-electron chi connectivity index (χ0n) is 9.92. The van der Waals surface area contributed by atoms with E-state index < -0.39 is 0 Å². The molecule has 1 atom stereocenters. The summed E-state index contributed by atoms with van der Waals surface area (Å²) in [5.41, 5.74) is 2.24. The highest BCUT2D eigenvalue weighted by Gasteiger charge is 2.16. The van der Waals surface area contributed by atoms with E-state index in [-0.39, 0.29) is 11.9 Å². The number of esters is 1. The Hall–Kier alpha value is -0.830. The van der Waals surface area contributed by atoms with Gasteiger partial charge < -0.3 is 4.74 Å². The van der Waals surface area contributed by atoms with Crippen LogP contribution >= 0.6 is 15.9 Å². The molecule has 0 aliphatic heterocycles. The molecule has 0 spiro atoms. The minimum absolute atomic E-state index is 0.168. The number of hydrogen-bond acceptors (Lipinski definition) is 2. The highest BCUT2D eigenvalue weighted by atomic mass is 79.9. The van der Waals surface area contributed by atoms with Crippen LogP contribution < -0.4 is 0 Å². The van der Waals surface area contributed by atoms with Gasteiger partial charge in [-0.15, -0.1) is 0 Å². The minimum atomic E-state index is -0.206. The van der Waals surface area contributed by atoms with Gasteiger partial charge in [-0.1, -0.05) is 35.0 Å². The lowest BCUT2D eigenvalue weighted by Crippen LogP contribution is -2.13. The Morgan fingerprint density at radius 2 is 2.12 bits per heavy atom. The lowest BCUT2D eigenvalue weighted by Gasteiger charge is -2.12. The summed E-state index contributed by atoms with van der Waals surface area (Å²) in [5, 5.41) is 0. The van der Waals surface area contributed by atoms with E-state index in [9.17, 15) is 4.79 Å². The van der Waals surface area contributed by atoms with Crippen LogP contribution in [0.15, 0.2) is 22.7 Å². The molecule has 3 heteroatoms. The van der Waals surface area contributed by atoms with E-state index in [1.165, 1.54) is 5.56 Å². The van der Waals surface area contributed by atoms with E-state index in [2.05, 4.69) is 28.9 Å². The van der Waals surface area contributed by atoms with Crippen molar-refractivity contribution in [1.29, 1.82) is 0 Å². The fraction of sp³-hybridized carbons (Fsp3) is 0.462.